The van der Waals surface area contributed by atoms with E-state index in [1.54, 1.807) is 7.05 Å². The molecule has 0 saturated carbocycles. The molecule has 2 N–H and O–H groups in total. The zero-order valence-corrected chi connectivity index (χ0v) is 20.2. The van der Waals surface area contributed by atoms with Crippen LogP contribution in [0.15, 0.2) is 29.3 Å². The number of ether oxygens (including phenoxy) is 3. The van der Waals surface area contributed by atoms with Crippen molar-refractivity contribution < 1.29 is 14.2 Å². The van der Waals surface area contributed by atoms with Crippen molar-refractivity contribution in [2.24, 2.45) is 4.99 Å². The Hall–Kier alpha value is -0.900. The summed E-state index contributed by atoms with van der Waals surface area (Å²) >= 11 is 0. The number of nitrogens with one attached hydrogen (secondary N) is 2. The first-order valence-electron chi connectivity index (χ1n) is 9.95. The Morgan fingerprint density at radius 1 is 1.04 bits per heavy atom. The third-order valence-corrected chi connectivity index (χ3v) is 3.81. The average Bonchev–Trinajstić information content (AvgIpc) is 2.67. The molecule has 0 atom stereocenters. The van der Waals surface area contributed by atoms with Crippen molar-refractivity contribution >= 4 is 29.9 Å². The van der Waals surface area contributed by atoms with Crippen LogP contribution in [0, 0.1) is 0 Å². The second-order valence-electron chi connectivity index (χ2n) is 6.61. The smallest absolute Gasteiger partial charge is 0.191 e. The van der Waals surface area contributed by atoms with Crippen LogP contribution in [0.5, 0.6) is 0 Å². The summed E-state index contributed by atoms with van der Waals surface area (Å²) in [7, 11) is 1.77. The number of aliphatic imine (C=N–C) groups is 1. The molecule has 0 bridgehead atoms. The van der Waals surface area contributed by atoms with E-state index in [9.17, 15) is 0 Å². The number of hydrogen-bond donors (Lipinski definition) is 2. The van der Waals surface area contributed by atoms with Gasteiger partial charge in [0.1, 0.15) is 0 Å². The first-order chi connectivity index (χ1) is 13.2. The van der Waals surface area contributed by atoms with Crippen LogP contribution < -0.4 is 10.6 Å². The fourth-order valence-electron chi connectivity index (χ4n) is 2.31. The van der Waals surface area contributed by atoms with E-state index in [4.69, 9.17) is 14.2 Å². The molecule has 0 heterocycles. The maximum Gasteiger partial charge on any atom is 0.191 e. The van der Waals surface area contributed by atoms with E-state index < -0.39 is 0 Å². The lowest BCUT2D eigenvalue weighted by molar-refractivity contribution is 0.0487. The van der Waals surface area contributed by atoms with Gasteiger partial charge in [0.15, 0.2) is 5.96 Å². The van der Waals surface area contributed by atoms with Crippen molar-refractivity contribution in [3.8, 4) is 0 Å². The number of nitrogens with zero attached hydrogens (tertiary/aromatic N) is 1. The molecule has 162 valence electrons. The minimum absolute atomic E-state index is 0. The largest absolute Gasteiger partial charge is 0.379 e. The topological polar surface area (TPSA) is 64.1 Å². The minimum atomic E-state index is 0. The lowest BCUT2D eigenvalue weighted by Gasteiger charge is -2.13. The Morgan fingerprint density at radius 2 is 1.75 bits per heavy atom. The van der Waals surface area contributed by atoms with Crippen molar-refractivity contribution in [3.63, 3.8) is 0 Å². The van der Waals surface area contributed by atoms with Gasteiger partial charge < -0.3 is 24.8 Å². The van der Waals surface area contributed by atoms with Crippen LogP contribution in [-0.4, -0.2) is 52.1 Å². The van der Waals surface area contributed by atoms with Gasteiger partial charge in [-0.3, -0.25) is 4.99 Å². The molecule has 1 aromatic rings. The van der Waals surface area contributed by atoms with Crippen LogP contribution >= 0.6 is 24.0 Å². The summed E-state index contributed by atoms with van der Waals surface area (Å²) in [5, 5.41) is 6.57. The number of rotatable bonds is 14. The van der Waals surface area contributed by atoms with E-state index in [0.29, 0.717) is 39.5 Å². The Balaban J connectivity index is 0.00000729. The summed E-state index contributed by atoms with van der Waals surface area (Å²) in [4.78, 5) is 4.24. The lowest BCUT2D eigenvalue weighted by Crippen LogP contribution is -2.38. The second kappa shape index (κ2) is 18.1. The molecule has 0 saturated heterocycles. The van der Waals surface area contributed by atoms with Gasteiger partial charge in [-0.1, -0.05) is 37.6 Å². The van der Waals surface area contributed by atoms with E-state index in [2.05, 4.69) is 46.8 Å². The molecule has 0 amide bonds. The molecular weight excluding hydrogens is 469 g/mol. The van der Waals surface area contributed by atoms with E-state index in [1.165, 1.54) is 11.1 Å². The van der Waals surface area contributed by atoms with Crippen LogP contribution in [0.1, 0.15) is 44.7 Å². The number of guanidine groups is 1. The second-order valence-corrected chi connectivity index (χ2v) is 6.61. The van der Waals surface area contributed by atoms with Gasteiger partial charge in [0, 0.05) is 26.7 Å². The minimum Gasteiger partial charge on any atom is -0.379 e. The Kier molecular flexibility index (Phi) is 17.6. The Labute approximate surface area is 187 Å². The maximum absolute atomic E-state index is 5.66. The summed E-state index contributed by atoms with van der Waals surface area (Å²) < 4.78 is 16.7. The van der Waals surface area contributed by atoms with Crippen molar-refractivity contribution in [1.29, 1.82) is 0 Å². The van der Waals surface area contributed by atoms with Crippen LogP contribution in [0.2, 0.25) is 0 Å². The van der Waals surface area contributed by atoms with Crippen LogP contribution in [0.3, 0.4) is 0 Å². The Bertz CT molecular complexity index is 527. The highest BCUT2D eigenvalue weighted by Gasteiger charge is 2.01. The lowest BCUT2D eigenvalue weighted by atomic mass is 10.1. The highest BCUT2D eigenvalue weighted by Crippen LogP contribution is 2.07. The van der Waals surface area contributed by atoms with E-state index in [0.717, 1.165) is 25.4 Å². The SMILES string of the molecule is CCCCOCCOCCNC(=NC)NCc1cccc(COC(C)C)c1.I. The number of hydrogen-bond acceptors (Lipinski definition) is 4. The molecule has 0 aliphatic rings. The summed E-state index contributed by atoms with van der Waals surface area (Å²) in [6.45, 7) is 11.0. The van der Waals surface area contributed by atoms with Gasteiger partial charge in [0.25, 0.3) is 0 Å². The molecule has 0 aromatic heterocycles. The van der Waals surface area contributed by atoms with E-state index in [-0.39, 0.29) is 30.1 Å². The highest BCUT2D eigenvalue weighted by molar-refractivity contribution is 14.0. The van der Waals surface area contributed by atoms with Crippen LogP contribution in [0.25, 0.3) is 0 Å². The molecule has 1 rings (SSSR count). The highest BCUT2D eigenvalue weighted by atomic mass is 127. The Morgan fingerprint density at radius 3 is 2.43 bits per heavy atom. The predicted molar refractivity (Wildman–Crippen MR) is 127 cm³/mol. The zero-order chi connectivity index (χ0) is 19.7. The van der Waals surface area contributed by atoms with Gasteiger partial charge in [-0.15, -0.1) is 24.0 Å². The number of halogens is 1. The molecule has 6 nitrogen and oxygen atoms in total. The summed E-state index contributed by atoms with van der Waals surface area (Å²) in [6, 6.07) is 8.40. The molecule has 7 heteroatoms. The fourth-order valence-corrected chi connectivity index (χ4v) is 2.31. The molecule has 0 spiro atoms. The first-order valence-corrected chi connectivity index (χ1v) is 9.95. The molecule has 0 fully saturated rings. The van der Waals surface area contributed by atoms with E-state index in [1.807, 2.05) is 13.8 Å². The molecule has 0 unspecified atom stereocenters. The van der Waals surface area contributed by atoms with Gasteiger partial charge in [0.2, 0.25) is 0 Å². The standard InChI is InChI=1S/C21H37N3O3.HI/c1-5-6-11-25-13-14-26-12-10-23-21(22-4)24-16-19-8-7-9-20(15-19)17-27-18(2)3;/h7-9,15,18H,5-6,10-14,16-17H2,1-4H3,(H2,22,23,24);1H. The van der Waals surface area contributed by atoms with Crippen molar-refractivity contribution in [1.82, 2.24) is 10.6 Å². The summed E-state index contributed by atoms with van der Waals surface area (Å²) in [5.41, 5.74) is 2.38. The van der Waals surface area contributed by atoms with Gasteiger partial charge >= 0.3 is 0 Å². The quantitative estimate of drug-likeness (QED) is 0.174. The zero-order valence-electron chi connectivity index (χ0n) is 17.8. The third-order valence-electron chi connectivity index (χ3n) is 3.81. The monoisotopic (exact) mass is 507 g/mol. The molecule has 0 radical (unpaired) electrons. The van der Waals surface area contributed by atoms with E-state index >= 15 is 0 Å². The van der Waals surface area contributed by atoms with Crippen molar-refractivity contribution in [3.05, 3.63) is 35.4 Å². The normalized spacial score (nSPS) is 11.4. The van der Waals surface area contributed by atoms with Gasteiger partial charge in [0.05, 0.1) is 32.5 Å². The van der Waals surface area contributed by atoms with Gasteiger partial charge in [-0.25, -0.2) is 0 Å². The number of unbranched alkanes of at least 4 members (excludes halogenated alkanes) is 1. The average molecular weight is 507 g/mol. The summed E-state index contributed by atoms with van der Waals surface area (Å²) in [6.07, 6.45) is 2.50. The van der Waals surface area contributed by atoms with Gasteiger partial charge in [-0.05, 0) is 31.4 Å². The molecule has 28 heavy (non-hydrogen) atoms. The first kappa shape index (κ1) is 27.1. The molecular formula is C21H38IN3O3. The third kappa shape index (κ3) is 14.1. The van der Waals surface area contributed by atoms with Crippen molar-refractivity contribution in [2.75, 3.05) is 40.0 Å². The number of benzene rings is 1. The molecule has 0 aliphatic heterocycles. The maximum atomic E-state index is 5.66. The fraction of sp³-hybridized carbons (Fsp3) is 0.667. The van der Waals surface area contributed by atoms with Crippen molar-refractivity contribution in [2.45, 2.75) is 52.9 Å². The predicted octanol–water partition coefficient (Wildman–Crippen LogP) is 3.73. The van der Waals surface area contributed by atoms with Gasteiger partial charge in [-0.2, -0.15) is 0 Å². The summed E-state index contributed by atoms with van der Waals surface area (Å²) in [5.74, 6) is 0.765. The molecule has 0 aliphatic carbocycles. The van der Waals surface area contributed by atoms with Crippen LogP contribution in [0.4, 0.5) is 0 Å². The molecule has 1 aromatic carbocycles. The van der Waals surface area contributed by atoms with Crippen LogP contribution in [-0.2, 0) is 27.4 Å².